The number of hydrogen-bond acceptors (Lipinski definition) is 6. The molecule has 2 aromatic heterocycles. The summed E-state index contributed by atoms with van der Waals surface area (Å²) in [5, 5.41) is 13.6. The fraction of sp³-hybridized carbons (Fsp3) is 0.526. The van der Waals surface area contributed by atoms with Gasteiger partial charge in [-0.3, -0.25) is 9.89 Å². The van der Waals surface area contributed by atoms with Gasteiger partial charge in [-0.1, -0.05) is 12.5 Å². The number of aromatic amines is 1. The minimum absolute atomic E-state index is 0.0543. The maximum absolute atomic E-state index is 12.8. The summed E-state index contributed by atoms with van der Waals surface area (Å²) < 4.78 is 5.91. The summed E-state index contributed by atoms with van der Waals surface area (Å²) in [6.07, 6.45) is 2.96. The lowest BCUT2D eigenvalue weighted by Gasteiger charge is -2.36. The molecule has 0 spiro atoms. The number of rotatable bonds is 4. The Balaban J connectivity index is 1.43. The Morgan fingerprint density at radius 3 is 3.04 bits per heavy atom. The predicted molar refractivity (Wildman–Crippen MR) is 102 cm³/mol. The molecule has 0 bridgehead atoms. The van der Waals surface area contributed by atoms with Crippen LogP contribution in [0.5, 0.6) is 0 Å². The summed E-state index contributed by atoms with van der Waals surface area (Å²) in [6, 6.07) is 7.64. The van der Waals surface area contributed by atoms with E-state index in [2.05, 4.69) is 25.8 Å². The molecular formula is C19H26N6O2. The highest BCUT2D eigenvalue weighted by molar-refractivity contribution is 5.82. The number of aryl methyl sites for hydroxylation is 1. The van der Waals surface area contributed by atoms with Gasteiger partial charge in [0, 0.05) is 18.3 Å². The monoisotopic (exact) mass is 370 g/mol. The summed E-state index contributed by atoms with van der Waals surface area (Å²) in [6.45, 7) is 4.57. The summed E-state index contributed by atoms with van der Waals surface area (Å²) in [4.78, 5) is 19.4. The maximum Gasteiger partial charge on any atom is 0.239 e. The van der Waals surface area contributed by atoms with Crippen molar-refractivity contribution in [3.05, 3.63) is 35.7 Å². The van der Waals surface area contributed by atoms with Crippen molar-refractivity contribution in [2.45, 2.75) is 38.3 Å². The largest absolute Gasteiger partial charge is 0.368 e. The zero-order valence-electron chi connectivity index (χ0n) is 15.6. The number of ether oxygens (including phenoxy) is 1. The summed E-state index contributed by atoms with van der Waals surface area (Å²) >= 11 is 0. The van der Waals surface area contributed by atoms with Gasteiger partial charge in [0.25, 0.3) is 0 Å². The number of nitrogens with one attached hydrogen (secondary N) is 3. The molecule has 27 heavy (non-hydrogen) atoms. The van der Waals surface area contributed by atoms with Crippen molar-refractivity contribution >= 4 is 17.5 Å². The molecule has 0 aromatic carbocycles. The van der Waals surface area contributed by atoms with Crippen LogP contribution in [0.3, 0.4) is 0 Å². The van der Waals surface area contributed by atoms with Gasteiger partial charge < -0.3 is 20.3 Å². The van der Waals surface area contributed by atoms with E-state index in [1.54, 1.807) is 0 Å². The molecule has 2 fully saturated rings. The van der Waals surface area contributed by atoms with E-state index in [1.165, 1.54) is 0 Å². The molecule has 2 aromatic rings. The fourth-order valence-electron chi connectivity index (χ4n) is 3.63. The highest BCUT2D eigenvalue weighted by atomic mass is 16.5. The first-order valence-corrected chi connectivity index (χ1v) is 9.59. The van der Waals surface area contributed by atoms with Crippen molar-refractivity contribution in [3.8, 4) is 0 Å². The van der Waals surface area contributed by atoms with Crippen molar-refractivity contribution in [1.29, 1.82) is 0 Å². The third-order valence-electron chi connectivity index (χ3n) is 5.05. The summed E-state index contributed by atoms with van der Waals surface area (Å²) in [7, 11) is 0. The Morgan fingerprint density at radius 2 is 2.26 bits per heavy atom. The van der Waals surface area contributed by atoms with E-state index in [1.807, 2.05) is 36.1 Å². The second-order valence-electron chi connectivity index (χ2n) is 7.16. The van der Waals surface area contributed by atoms with Crippen molar-refractivity contribution < 1.29 is 9.53 Å². The van der Waals surface area contributed by atoms with Crippen LogP contribution in [-0.4, -0.2) is 58.3 Å². The normalized spacial score (nSPS) is 23.2. The standard InChI is InChI=1S/C19H26N6O2/c1-13-11-18(24-23-13)22-17-7-4-6-14(21-17)16-12-25(9-10-27-16)19(26)15-5-2-3-8-20-15/h4,6-7,11,15-16,20H,2-3,5,8-10,12H2,1H3,(H2,21,22,23,24). The molecule has 2 aliphatic heterocycles. The Bertz CT molecular complexity index is 786. The minimum Gasteiger partial charge on any atom is -0.368 e. The molecule has 0 radical (unpaired) electrons. The van der Waals surface area contributed by atoms with Gasteiger partial charge >= 0.3 is 0 Å². The molecule has 2 atom stereocenters. The van der Waals surface area contributed by atoms with Gasteiger partial charge in [0.1, 0.15) is 11.9 Å². The van der Waals surface area contributed by atoms with Gasteiger partial charge in [0.05, 0.1) is 24.9 Å². The van der Waals surface area contributed by atoms with Gasteiger partial charge in [-0.05, 0) is 38.4 Å². The Kier molecular flexibility index (Phi) is 5.35. The van der Waals surface area contributed by atoms with Crippen molar-refractivity contribution in [3.63, 3.8) is 0 Å². The van der Waals surface area contributed by atoms with Crippen LogP contribution in [0.4, 0.5) is 11.6 Å². The van der Waals surface area contributed by atoms with Gasteiger partial charge in [-0.15, -0.1) is 0 Å². The van der Waals surface area contributed by atoms with E-state index in [9.17, 15) is 4.79 Å². The number of nitrogens with zero attached hydrogens (tertiary/aromatic N) is 3. The van der Waals surface area contributed by atoms with E-state index in [-0.39, 0.29) is 18.1 Å². The van der Waals surface area contributed by atoms with Crippen LogP contribution in [0.25, 0.3) is 0 Å². The second-order valence-corrected chi connectivity index (χ2v) is 7.16. The van der Waals surface area contributed by atoms with Crippen LogP contribution in [0, 0.1) is 6.92 Å². The van der Waals surface area contributed by atoms with Crippen LogP contribution >= 0.6 is 0 Å². The number of hydrogen-bond donors (Lipinski definition) is 3. The van der Waals surface area contributed by atoms with Crippen LogP contribution < -0.4 is 10.6 Å². The second kappa shape index (κ2) is 8.06. The Labute approximate surface area is 158 Å². The molecule has 3 N–H and O–H groups in total. The molecule has 8 heteroatoms. The quantitative estimate of drug-likeness (QED) is 0.761. The maximum atomic E-state index is 12.8. The Hall–Kier alpha value is -2.45. The van der Waals surface area contributed by atoms with Gasteiger partial charge in [0.2, 0.25) is 5.91 Å². The number of amides is 1. The third-order valence-corrected chi connectivity index (χ3v) is 5.05. The lowest BCUT2D eigenvalue weighted by Crippen LogP contribution is -2.52. The highest BCUT2D eigenvalue weighted by Crippen LogP contribution is 2.24. The average molecular weight is 370 g/mol. The van der Waals surface area contributed by atoms with Crippen molar-refractivity contribution in [2.75, 3.05) is 31.6 Å². The first-order chi connectivity index (χ1) is 13.2. The molecule has 144 valence electrons. The number of H-pyrrole nitrogens is 1. The van der Waals surface area contributed by atoms with E-state index < -0.39 is 0 Å². The number of aromatic nitrogens is 3. The zero-order chi connectivity index (χ0) is 18.6. The fourth-order valence-corrected chi connectivity index (χ4v) is 3.63. The lowest BCUT2D eigenvalue weighted by atomic mass is 10.0. The van der Waals surface area contributed by atoms with Crippen LogP contribution in [-0.2, 0) is 9.53 Å². The molecule has 4 heterocycles. The number of piperidine rings is 1. The number of morpholine rings is 1. The number of pyridine rings is 1. The van der Waals surface area contributed by atoms with Crippen LogP contribution in [0.1, 0.15) is 36.8 Å². The van der Waals surface area contributed by atoms with Crippen LogP contribution in [0.2, 0.25) is 0 Å². The summed E-state index contributed by atoms with van der Waals surface area (Å²) in [5.74, 6) is 1.62. The third kappa shape index (κ3) is 4.28. The van der Waals surface area contributed by atoms with Crippen molar-refractivity contribution in [1.82, 2.24) is 25.4 Å². The average Bonchev–Trinajstić information content (AvgIpc) is 3.13. The number of anilines is 2. The molecule has 0 saturated carbocycles. The first kappa shape index (κ1) is 17.9. The molecule has 1 amide bonds. The smallest absolute Gasteiger partial charge is 0.239 e. The van der Waals surface area contributed by atoms with Crippen LogP contribution in [0.15, 0.2) is 24.3 Å². The Morgan fingerprint density at radius 1 is 1.33 bits per heavy atom. The summed E-state index contributed by atoms with van der Waals surface area (Å²) in [5.41, 5.74) is 1.80. The van der Waals surface area contributed by atoms with Gasteiger partial charge in [0.15, 0.2) is 5.82 Å². The van der Waals surface area contributed by atoms with Gasteiger partial charge in [-0.25, -0.2) is 4.98 Å². The molecule has 4 rings (SSSR count). The molecule has 2 aliphatic rings. The topological polar surface area (TPSA) is 95.2 Å². The first-order valence-electron chi connectivity index (χ1n) is 9.59. The SMILES string of the molecule is Cc1cc(Nc2cccc(C3CN(C(=O)C4CCCCN4)CCO3)n2)n[nH]1. The van der Waals surface area contributed by atoms with Gasteiger partial charge in [-0.2, -0.15) is 5.10 Å². The lowest BCUT2D eigenvalue weighted by molar-refractivity contribution is -0.142. The van der Waals surface area contributed by atoms with Crippen molar-refractivity contribution in [2.24, 2.45) is 0 Å². The van der Waals surface area contributed by atoms with E-state index >= 15 is 0 Å². The van der Waals surface area contributed by atoms with E-state index in [4.69, 9.17) is 4.74 Å². The van der Waals surface area contributed by atoms with E-state index in [0.29, 0.717) is 25.5 Å². The minimum atomic E-state index is -0.214. The number of carbonyl (C=O) groups excluding carboxylic acids is 1. The number of carbonyl (C=O) groups is 1. The molecule has 2 saturated heterocycles. The molecular weight excluding hydrogens is 344 g/mol. The zero-order valence-corrected chi connectivity index (χ0v) is 15.6. The molecule has 2 unspecified atom stereocenters. The van der Waals surface area contributed by atoms with E-state index in [0.717, 1.165) is 43.0 Å². The molecule has 8 nitrogen and oxygen atoms in total. The highest BCUT2D eigenvalue weighted by Gasteiger charge is 2.31. The predicted octanol–water partition coefficient (Wildman–Crippen LogP) is 1.90. The molecule has 0 aliphatic carbocycles.